The highest BCUT2D eigenvalue weighted by Gasteiger charge is 2.09. The Morgan fingerprint density at radius 1 is 1.07 bits per heavy atom. The lowest BCUT2D eigenvalue weighted by atomic mass is 10.2. The van der Waals surface area contributed by atoms with Crippen molar-refractivity contribution in [2.24, 2.45) is 4.99 Å². The second-order valence-electron chi connectivity index (χ2n) is 6.27. The van der Waals surface area contributed by atoms with Gasteiger partial charge in [-0.1, -0.05) is 30.3 Å². The average molecular weight is 394 g/mol. The van der Waals surface area contributed by atoms with Crippen LogP contribution in [0.2, 0.25) is 0 Å². The summed E-state index contributed by atoms with van der Waals surface area (Å²) in [6, 6.07) is 17.3. The van der Waals surface area contributed by atoms with E-state index in [4.69, 9.17) is 4.42 Å². The number of carbonyl (C=O) groups excluding carboxylic acids is 1. The third-order valence-corrected chi connectivity index (χ3v) is 4.10. The van der Waals surface area contributed by atoms with Crippen molar-refractivity contribution in [2.45, 2.75) is 20.0 Å². The summed E-state index contributed by atoms with van der Waals surface area (Å²) in [5, 5.41) is 9.07. The van der Waals surface area contributed by atoms with Crippen molar-refractivity contribution >= 4 is 17.6 Å². The number of furan rings is 1. The van der Waals surface area contributed by atoms with E-state index in [9.17, 15) is 9.18 Å². The maximum atomic E-state index is 13.8. The Hall–Kier alpha value is -3.61. The number of rotatable bonds is 7. The minimum atomic E-state index is -0.310. The lowest BCUT2D eigenvalue weighted by Crippen LogP contribution is -2.37. The molecule has 0 aliphatic heterocycles. The molecule has 0 saturated carbocycles. The van der Waals surface area contributed by atoms with Gasteiger partial charge in [0.25, 0.3) is 5.91 Å². The number of hydrogen-bond acceptors (Lipinski definition) is 3. The number of anilines is 1. The number of nitrogens with one attached hydrogen (secondary N) is 3. The van der Waals surface area contributed by atoms with Gasteiger partial charge < -0.3 is 20.4 Å². The van der Waals surface area contributed by atoms with Crippen LogP contribution in [0.4, 0.5) is 10.1 Å². The van der Waals surface area contributed by atoms with E-state index < -0.39 is 0 Å². The lowest BCUT2D eigenvalue weighted by Gasteiger charge is -2.12. The van der Waals surface area contributed by atoms with Crippen molar-refractivity contribution in [3.8, 4) is 0 Å². The fraction of sp³-hybridized carbons (Fsp3) is 0.182. The highest BCUT2D eigenvalue weighted by atomic mass is 19.1. The first-order valence-electron chi connectivity index (χ1n) is 9.35. The fourth-order valence-corrected chi connectivity index (χ4v) is 2.68. The summed E-state index contributed by atoms with van der Waals surface area (Å²) < 4.78 is 18.9. The number of amides is 1. The van der Waals surface area contributed by atoms with Crippen molar-refractivity contribution in [2.75, 3.05) is 11.9 Å². The van der Waals surface area contributed by atoms with Crippen molar-refractivity contribution in [1.82, 2.24) is 10.6 Å². The van der Waals surface area contributed by atoms with E-state index in [1.54, 1.807) is 36.4 Å². The van der Waals surface area contributed by atoms with Crippen LogP contribution >= 0.6 is 0 Å². The summed E-state index contributed by atoms with van der Waals surface area (Å²) in [6.07, 6.45) is 1.45. The number of aliphatic imine (C=N–C) groups is 1. The molecule has 0 fully saturated rings. The van der Waals surface area contributed by atoms with Gasteiger partial charge in [-0.2, -0.15) is 0 Å². The van der Waals surface area contributed by atoms with Gasteiger partial charge >= 0.3 is 0 Å². The van der Waals surface area contributed by atoms with E-state index in [-0.39, 0.29) is 17.5 Å². The third kappa shape index (κ3) is 5.93. The zero-order valence-corrected chi connectivity index (χ0v) is 16.1. The Balaban J connectivity index is 1.63. The van der Waals surface area contributed by atoms with Crippen LogP contribution in [-0.2, 0) is 13.1 Å². The van der Waals surface area contributed by atoms with Crippen LogP contribution in [0.1, 0.15) is 28.6 Å². The molecular weight excluding hydrogens is 371 g/mol. The van der Waals surface area contributed by atoms with Gasteiger partial charge in [-0.15, -0.1) is 0 Å². The highest BCUT2D eigenvalue weighted by molar-refractivity contribution is 6.02. The molecular formula is C22H23FN4O2. The fourth-order valence-electron chi connectivity index (χ4n) is 2.68. The second-order valence-corrected chi connectivity index (χ2v) is 6.27. The Bertz CT molecular complexity index is 970. The Labute approximate surface area is 168 Å². The zero-order valence-electron chi connectivity index (χ0n) is 16.1. The molecule has 0 radical (unpaired) electrons. The maximum Gasteiger partial charge on any atom is 0.291 e. The van der Waals surface area contributed by atoms with E-state index in [0.29, 0.717) is 36.8 Å². The normalized spacial score (nSPS) is 11.2. The van der Waals surface area contributed by atoms with Gasteiger partial charge in [-0.05, 0) is 42.8 Å². The second kappa shape index (κ2) is 10.1. The molecule has 1 amide bonds. The molecule has 0 bridgehead atoms. The molecule has 3 aromatic rings. The molecule has 0 atom stereocenters. The SMILES string of the molecule is CCNC(=NCc1cccc(NC(=O)c2ccco2)c1)NCc1ccccc1F. The molecule has 1 heterocycles. The van der Waals surface area contributed by atoms with Gasteiger partial charge in [0, 0.05) is 24.3 Å². The van der Waals surface area contributed by atoms with Gasteiger partial charge in [0.2, 0.25) is 0 Å². The summed E-state index contributed by atoms with van der Waals surface area (Å²) in [7, 11) is 0. The predicted octanol–water partition coefficient (Wildman–Crippen LogP) is 3.93. The van der Waals surface area contributed by atoms with Crippen molar-refractivity contribution < 1.29 is 13.6 Å². The van der Waals surface area contributed by atoms with Crippen LogP contribution in [0.15, 0.2) is 76.3 Å². The monoisotopic (exact) mass is 394 g/mol. The average Bonchev–Trinajstić information content (AvgIpc) is 3.26. The molecule has 0 spiro atoms. The molecule has 0 saturated heterocycles. The Kier molecular flexibility index (Phi) is 7.00. The predicted molar refractivity (Wildman–Crippen MR) is 111 cm³/mol. The summed E-state index contributed by atoms with van der Waals surface area (Å²) in [6.45, 7) is 3.38. The van der Waals surface area contributed by atoms with Crippen LogP contribution in [0.25, 0.3) is 0 Å². The molecule has 0 aliphatic rings. The van der Waals surface area contributed by atoms with Crippen LogP contribution in [0, 0.1) is 5.82 Å². The number of carbonyl (C=O) groups is 1. The van der Waals surface area contributed by atoms with Gasteiger partial charge in [-0.25, -0.2) is 9.38 Å². The van der Waals surface area contributed by atoms with Gasteiger partial charge in [0.05, 0.1) is 12.8 Å². The number of halogens is 1. The quantitative estimate of drug-likeness (QED) is 0.419. The molecule has 0 unspecified atom stereocenters. The lowest BCUT2D eigenvalue weighted by molar-refractivity contribution is 0.0996. The van der Waals surface area contributed by atoms with Crippen LogP contribution in [0.3, 0.4) is 0 Å². The Morgan fingerprint density at radius 2 is 1.93 bits per heavy atom. The first-order chi connectivity index (χ1) is 14.2. The summed E-state index contributed by atoms with van der Waals surface area (Å²) >= 11 is 0. The van der Waals surface area contributed by atoms with E-state index in [1.807, 2.05) is 25.1 Å². The number of benzene rings is 2. The molecule has 7 heteroatoms. The zero-order chi connectivity index (χ0) is 20.5. The standard InChI is InChI=1S/C22H23FN4O2/c1-2-24-22(26-15-17-8-3-4-10-19(17)23)25-14-16-7-5-9-18(13-16)27-21(28)20-11-6-12-29-20/h3-13H,2,14-15H2,1H3,(H,27,28)(H2,24,25,26). The van der Waals surface area contributed by atoms with E-state index in [1.165, 1.54) is 12.3 Å². The molecule has 150 valence electrons. The molecule has 0 aliphatic carbocycles. The third-order valence-electron chi connectivity index (χ3n) is 4.10. The van der Waals surface area contributed by atoms with E-state index in [2.05, 4.69) is 20.9 Å². The topological polar surface area (TPSA) is 78.7 Å². The summed E-state index contributed by atoms with van der Waals surface area (Å²) in [5.74, 6) is 0.271. The van der Waals surface area contributed by atoms with E-state index >= 15 is 0 Å². The van der Waals surface area contributed by atoms with Gasteiger partial charge in [0.1, 0.15) is 5.82 Å². The first-order valence-corrected chi connectivity index (χ1v) is 9.35. The number of hydrogen-bond donors (Lipinski definition) is 3. The molecule has 1 aromatic heterocycles. The maximum absolute atomic E-state index is 13.8. The Morgan fingerprint density at radius 3 is 2.69 bits per heavy atom. The summed E-state index contributed by atoms with van der Waals surface area (Å²) in [4.78, 5) is 16.6. The highest BCUT2D eigenvalue weighted by Crippen LogP contribution is 2.13. The smallest absolute Gasteiger partial charge is 0.291 e. The molecule has 3 rings (SSSR count). The van der Waals surface area contributed by atoms with Gasteiger partial charge in [0.15, 0.2) is 11.7 Å². The molecule has 3 N–H and O–H groups in total. The van der Waals surface area contributed by atoms with E-state index in [0.717, 1.165) is 5.56 Å². The van der Waals surface area contributed by atoms with Gasteiger partial charge in [-0.3, -0.25) is 4.79 Å². The van der Waals surface area contributed by atoms with Crippen molar-refractivity contribution in [3.63, 3.8) is 0 Å². The number of guanidine groups is 1. The van der Waals surface area contributed by atoms with Crippen LogP contribution in [-0.4, -0.2) is 18.4 Å². The summed E-state index contributed by atoms with van der Waals surface area (Å²) in [5.41, 5.74) is 2.15. The van der Waals surface area contributed by atoms with Crippen LogP contribution in [0.5, 0.6) is 0 Å². The van der Waals surface area contributed by atoms with Crippen molar-refractivity contribution in [3.05, 3.63) is 89.6 Å². The number of nitrogens with zero attached hydrogens (tertiary/aromatic N) is 1. The molecule has 6 nitrogen and oxygen atoms in total. The van der Waals surface area contributed by atoms with Crippen molar-refractivity contribution in [1.29, 1.82) is 0 Å². The van der Waals surface area contributed by atoms with Crippen LogP contribution < -0.4 is 16.0 Å². The molecule has 2 aromatic carbocycles. The minimum Gasteiger partial charge on any atom is -0.459 e. The molecule has 29 heavy (non-hydrogen) atoms. The minimum absolute atomic E-state index is 0.250. The first kappa shape index (κ1) is 20.1. The largest absolute Gasteiger partial charge is 0.459 e.